The monoisotopic (exact) mass is 330 g/mol. The zero-order valence-electron chi connectivity index (χ0n) is 12.7. The van der Waals surface area contributed by atoms with E-state index in [1.807, 2.05) is 0 Å². The van der Waals surface area contributed by atoms with E-state index in [4.69, 9.17) is 11.6 Å². The number of benzene rings is 1. The van der Waals surface area contributed by atoms with Crippen molar-refractivity contribution < 1.29 is 4.79 Å². The van der Waals surface area contributed by atoms with Crippen LogP contribution in [0.5, 0.6) is 0 Å². The predicted molar refractivity (Wildman–Crippen MR) is 93.2 cm³/mol. The van der Waals surface area contributed by atoms with Crippen LogP contribution in [0.4, 0.5) is 11.5 Å². The molecule has 1 fully saturated rings. The van der Waals surface area contributed by atoms with Crippen molar-refractivity contribution in [1.29, 1.82) is 0 Å². The smallest absolute Gasteiger partial charge is 0.259 e. The summed E-state index contributed by atoms with van der Waals surface area (Å²) in [5.74, 6) is 0.410. The van der Waals surface area contributed by atoms with Gasteiger partial charge in [-0.1, -0.05) is 17.7 Å². The number of amides is 1. The maximum atomic E-state index is 12.5. The molecule has 0 radical (unpaired) electrons. The third-order valence-corrected chi connectivity index (χ3v) is 4.01. The van der Waals surface area contributed by atoms with Crippen molar-refractivity contribution in [3.05, 3.63) is 53.2 Å². The Hall–Kier alpha value is -2.11. The van der Waals surface area contributed by atoms with Crippen molar-refractivity contribution >= 4 is 29.0 Å². The molecule has 5 nitrogen and oxygen atoms in total. The minimum atomic E-state index is -0.202. The summed E-state index contributed by atoms with van der Waals surface area (Å²) in [7, 11) is 0. The first kappa shape index (κ1) is 15.8. The Morgan fingerprint density at radius 1 is 1.30 bits per heavy atom. The van der Waals surface area contributed by atoms with E-state index in [2.05, 4.69) is 20.9 Å². The number of pyridine rings is 1. The Balaban J connectivity index is 1.74. The summed E-state index contributed by atoms with van der Waals surface area (Å²) in [6.07, 6.45) is 3.88. The Morgan fingerprint density at radius 3 is 3.00 bits per heavy atom. The Morgan fingerprint density at radius 2 is 2.22 bits per heavy atom. The van der Waals surface area contributed by atoms with E-state index in [0.717, 1.165) is 25.9 Å². The molecule has 1 aromatic heterocycles. The van der Waals surface area contributed by atoms with Crippen LogP contribution >= 0.6 is 11.6 Å². The summed E-state index contributed by atoms with van der Waals surface area (Å²) in [4.78, 5) is 16.9. The van der Waals surface area contributed by atoms with Gasteiger partial charge in [-0.2, -0.15) is 0 Å². The number of rotatable bonds is 4. The molecule has 6 heteroatoms. The molecular weight excluding hydrogens is 312 g/mol. The van der Waals surface area contributed by atoms with Crippen molar-refractivity contribution in [3.8, 4) is 0 Å². The Bertz CT molecular complexity index is 686. The van der Waals surface area contributed by atoms with Gasteiger partial charge in [0.2, 0.25) is 0 Å². The molecule has 1 atom stereocenters. The van der Waals surface area contributed by atoms with Gasteiger partial charge in [-0.15, -0.1) is 0 Å². The van der Waals surface area contributed by atoms with E-state index in [1.165, 1.54) is 0 Å². The molecule has 2 heterocycles. The van der Waals surface area contributed by atoms with E-state index in [1.54, 1.807) is 42.6 Å². The molecule has 120 valence electrons. The summed E-state index contributed by atoms with van der Waals surface area (Å²) in [6.45, 7) is 1.93. The third kappa shape index (κ3) is 4.21. The van der Waals surface area contributed by atoms with Crippen LogP contribution in [0, 0.1) is 0 Å². The van der Waals surface area contributed by atoms with Gasteiger partial charge < -0.3 is 16.0 Å². The van der Waals surface area contributed by atoms with Crippen LogP contribution in [0.25, 0.3) is 0 Å². The molecule has 1 aromatic carbocycles. The van der Waals surface area contributed by atoms with Gasteiger partial charge in [0.05, 0.1) is 5.56 Å². The molecule has 1 aliphatic heterocycles. The fraction of sp³-hybridized carbons (Fsp3) is 0.294. The number of halogens is 1. The first-order chi connectivity index (χ1) is 11.2. The molecular formula is C17H19ClN4O. The molecule has 2 aromatic rings. The van der Waals surface area contributed by atoms with Crippen molar-refractivity contribution in [2.75, 3.05) is 23.7 Å². The predicted octanol–water partition coefficient (Wildman–Crippen LogP) is 3.15. The molecule has 1 saturated heterocycles. The lowest BCUT2D eigenvalue weighted by Gasteiger charge is -2.25. The number of nitrogens with zero attached hydrogens (tertiary/aromatic N) is 1. The number of piperidine rings is 1. The lowest BCUT2D eigenvalue weighted by Crippen LogP contribution is -2.39. The van der Waals surface area contributed by atoms with E-state index < -0.39 is 0 Å². The zero-order chi connectivity index (χ0) is 16.1. The fourth-order valence-electron chi connectivity index (χ4n) is 2.64. The highest BCUT2D eigenvalue weighted by Gasteiger charge is 2.18. The minimum Gasteiger partial charge on any atom is -0.365 e. The van der Waals surface area contributed by atoms with Gasteiger partial charge in [-0.05, 0) is 49.7 Å². The summed E-state index contributed by atoms with van der Waals surface area (Å²) in [6, 6.07) is 10.9. The standard InChI is InChI=1S/C17H19ClN4O/c18-12-4-1-5-13(10-12)22-17(23)15-7-3-9-20-16(15)21-14-6-2-8-19-11-14/h1,3-5,7,9-10,14,19H,2,6,8,11H2,(H,20,21)(H,22,23)/t14-/m1/s1. The first-order valence-electron chi connectivity index (χ1n) is 7.71. The van der Waals surface area contributed by atoms with E-state index in [0.29, 0.717) is 22.1 Å². The van der Waals surface area contributed by atoms with Crippen molar-refractivity contribution in [2.24, 2.45) is 0 Å². The number of aromatic nitrogens is 1. The van der Waals surface area contributed by atoms with Crippen LogP contribution in [0.2, 0.25) is 5.02 Å². The van der Waals surface area contributed by atoms with Gasteiger partial charge in [0, 0.05) is 29.5 Å². The number of hydrogen-bond donors (Lipinski definition) is 3. The Labute approximate surface area is 140 Å². The van der Waals surface area contributed by atoms with E-state index in [9.17, 15) is 4.79 Å². The highest BCUT2D eigenvalue weighted by molar-refractivity contribution is 6.31. The second-order valence-electron chi connectivity index (χ2n) is 5.55. The Kier molecular flexibility index (Phi) is 5.10. The van der Waals surface area contributed by atoms with Gasteiger partial charge in [0.15, 0.2) is 0 Å². The van der Waals surface area contributed by atoms with E-state index in [-0.39, 0.29) is 11.9 Å². The molecule has 23 heavy (non-hydrogen) atoms. The van der Waals surface area contributed by atoms with E-state index >= 15 is 0 Å². The summed E-state index contributed by atoms with van der Waals surface area (Å²) >= 11 is 5.95. The second-order valence-corrected chi connectivity index (χ2v) is 5.99. The van der Waals surface area contributed by atoms with Crippen molar-refractivity contribution in [2.45, 2.75) is 18.9 Å². The number of carbonyl (C=O) groups is 1. The lowest BCUT2D eigenvalue weighted by molar-refractivity contribution is 0.102. The summed E-state index contributed by atoms with van der Waals surface area (Å²) < 4.78 is 0. The third-order valence-electron chi connectivity index (χ3n) is 3.77. The molecule has 0 unspecified atom stereocenters. The van der Waals surface area contributed by atoms with Crippen LogP contribution in [-0.2, 0) is 0 Å². The molecule has 0 bridgehead atoms. The molecule has 1 amide bonds. The van der Waals surface area contributed by atoms with Crippen LogP contribution in [0.15, 0.2) is 42.6 Å². The molecule has 0 spiro atoms. The largest absolute Gasteiger partial charge is 0.365 e. The number of carbonyl (C=O) groups excluding carboxylic acids is 1. The quantitative estimate of drug-likeness (QED) is 0.805. The topological polar surface area (TPSA) is 66.0 Å². The van der Waals surface area contributed by atoms with Crippen LogP contribution in [-0.4, -0.2) is 30.0 Å². The number of anilines is 2. The molecule has 3 N–H and O–H groups in total. The summed E-state index contributed by atoms with van der Waals surface area (Å²) in [5, 5.41) is 10.2. The normalized spacial score (nSPS) is 17.5. The van der Waals surface area contributed by atoms with Crippen LogP contribution in [0.1, 0.15) is 23.2 Å². The van der Waals surface area contributed by atoms with Crippen LogP contribution in [0.3, 0.4) is 0 Å². The maximum absolute atomic E-state index is 12.5. The molecule has 3 rings (SSSR count). The van der Waals surface area contributed by atoms with Crippen molar-refractivity contribution in [1.82, 2.24) is 10.3 Å². The van der Waals surface area contributed by atoms with Gasteiger partial charge in [0.1, 0.15) is 5.82 Å². The van der Waals surface area contributed by atoms with Gasteiger partial charge >= 0.3 is 0 Å². The number of hydrogen-bond acceptors (Lipinski definition) is 4. The minimum absolute atomic E-state index is 0.202. The average Bonchev–Trinajstić information content (AvgIpc) is 2.56. The number of nitrogens with one attached hydrogen (secondary N) is 3. The fourth-order valence-corrected chi connectivity index (χ4v) is 2.83. The molecule has 0 aliphatic carbocycles. The maximum Gasteiger partial charge on any atom is 0.259 e. The summed E-state index contributed by atoms with van der Waals surface area (Å²) in [5.41, 5.74) is 1.19. The zero-order valence-corrected chi connectivity index (χ0v) is 13.4. The second kappa shape index (κ2) is 7.44. The SMILES string of the molecule is O=C(Nc1cccc(Cl)c1)c1cccnc1N[C@@H]1CCCNC1. The molecule has 0 saturated carbocycles. The van der Waals surface area contributed by atoms with Crippen LogP contribution < -0.4 is 16.0 Å². The van der Waals surface area contributed by atoms with Crippen molar-refractivity contribution in [3.63, 3.8) is 0 Å². The highest BCUT2D eigenvalue weighted by Crippen LogP contribution is 2.19. The lowest BCUT2D eigenvalue weighted by atomic mass is 10.1. The van der Waals surface area contributed by atoms with Gasteiger partial charge in [-0.25, -0.2) is 4.98 Å². The van der Waals surface area contributed by atoms with Gasteiger partial charge in [0.25, 0.3) is 5.91 Å². The highest BCUT2D eigenvalue weighted by atomic mass is 35.5. The first-order valence-corrected chi connectivity index (χ1v) is 8.09. The van der Waals surface area contributed by atoms with Gasteiger partial charge in [-0.3, -0.25) is 4.79 Å². The average molecular weight is 331 g/mol. The molecule has 1 aliphatic rings.